The van der Waals surface area contributed by atoms with Gasteiger partial charge < -0.3 is 35.7 Å². The summed E-state index contributed by atoms with van der Waals surface area (Å²) >= 11 is 0. The number of hydrogen-bond donors (Lipinski definition) is 1. The van der Waals surface area contributed by atoms with Crippen LogP contribution in [-0.4, -0.2) is 47.8 Å². The van der Waals surface area contributed by atoms with E-state index in [2.05, 4.69) is 6.58 Å². The Bertz CT molecular complexity index is 799. The van der Waals surface area contributed by atoms with Crippen molar-refractivity contribution in [3.05, 3.63) is 72.7 Å². The molecule has 6 heteroatoms. The van der Waals surface area contributed by atoms with Crippen molar-refractivity contribution in [2.24, 2.45) is 5.92 Å². The maximum atomic E-state index is 13.2. The number of quaternary nitrogens is 1. The molecule has 1 aromatic carbocycles. The fourth-order valence-corrected chi connectivity index (χ4v) is 4.63. The van der Waals surface area contributed by atoms with E-state index in [1.165, 1.54) is 6.26 Å². The third kappa shape index (κ3) is 3.56. The molecule has 0 spiro atoms. The molecule has 28 heavy (non-hydrogen) atoms. The monoisotopic (exact) mass is 447 g/mol. The van der Waals surface area contributed by atoms with E-state index in [1.54, 1.807) is 36.4 Å². The summed E-state index contributed by atoms with van der Waals surface area (Å²) in [6, 6.07) is 12.1. The second-order valence-electron chi connectivity index (χ2n) is 7.78. The lowest BCUT2D eigenvalue weighted by molar-refractivity contribution is -0.941. The third-order valence-corrected chi connectivity index (χ3v) is 6.18. The van der Waals surface area contributed by atoms with Gasteiger partial charge in [0.25, 0.3) is 0 Å². The average Bonchev–Trinajstić information content (AvgIpc) is 3.24. The molecule has 0 amide bonds. The van der Waals surface area contributed by atoms with Crippen LogP contribution in [0.1, 0.15) is 24.2 Å². The standard InChI is InChI=1S/C22H26NO4.BrH/c1-2-12-23-13-10-17(11-14-23)19(16-23)27-21(24)22(25,20-9-6-15-26-20)18-7-4-3-5-8-18;/h2-9,15,17,19,25H,1,10-14,16H2;1H/q+1;/p-1/t17?,19-,22?,23?;/m0./s1. The van der Waals surface area contributed by atoms with E-state index >= 15 is 0 Å². The molecule has 3 aliphatic heterocycles. The molecule has 1 aromatic heterocycles. The summed E-state index contributed by atoms with van der Waals surface area (Å²) in [5, 5.41) is 11.4. The minimum absolute atomic E-state index is 0. The molecule has 3 saturated heterocycles. The smallest absolute Gasteiger partial charge is 0.351 e. The zero-order valence-electron chi connectivity index (χ0n) is 15.8. The molecule has 150 valence electrons. The zero-order chi connectivity index (χ0) is 18.9. The van der Waals surface area contributed by atoms with Crippen LogP contribution in [0.15, 0.2) is 65.8 Å². The number of hydrogen-bond acceptors (Lipinski definition) is 4. The van der Waals surface area contributed by atoms with Crippen molar-refractivity contribution in [3.63, 3.8) is 0 Å². The lowest BCUT2D eigenvalue weighted by Gasteiger charge is -2.51. The van der Waals surface area contributed by atoms with Gasteiger partial charge in [-0.15, -0.1) is 0 Å². The molecular formula is C22H26BrNO4. The molecule has 1 N–H and O–H groups in total. The number of carbonyl (C=O) groups excluding carboxylic acids is 1. The molecule has 5 nitrogen and oxygen atoms in total. The normalized spacial score (nSPS) is 28.0. The van der Waals surface area contributed by atoms with E-state index < -0.39 is 11.6 Å². The van der Waals surface area contributed by atoms with Gasteiger partial charge in [-0.1, -0.05) is 36.9 Å². The predicted molar refractivity (Wildman–Crippen MR) is 101 cm³/mol. The SMILES string of the molecule is C=CC[N+]12CCC(CC1)[C@@H](OC(=O)C(O)(c1ccccc1)c1ccco1)C2.[Br-]. The Balaban J connectivity index is 0.00000225. The van der Waals surface area contributed by atoms with E-state index in [0.29, 0.717) is 11.5 Å². The molecule has 2 aromatic rings. The summed E-state index contributed by atoms with van der Waals surface area (Å²) in [4.78, 5) is 13.2. The number of fused-ring (bicyclic) bond motifs is 3. The van der Waals surface area contributed by atoms with Crippen LogP contribution in [-0.2, 0) is 15.1 Å². The fourth-order valence-electron chi connectivity index (χ4n) is 4.63. The number of rotatable bonds is 6. The minimum atomic E-state index is -1.94. The van der Waals surface area contributed by atoms with E-state index in [0.717, 1.165) is 43.5 Å². The summed E-state index contributed by atoms with van der Waals surface area (Å²) in [6.45, 7) is 7.77. The topological polar surface area (TPSA) is 59.7 Å². The molecule has 3 aliphatic rings. The van der Waals surface area contributed by atoms with Crippen LogP contribution in [0.25, 0.3) is 0 Å². The van der Waals surface area contributed by atoms with Crippen molar-refractivity contribution >= 4 is 5.97 Å². The summed E-state index contributed by atoms with van der Waals surface area (Å²) in [5.41, 5.74) is -1.50. The molecule has 5 rings (SSSR count). The first-order valence-electron chi connectivity index (χ1n) is 9.56. The maximum absolute atomic E-state index is 13.2. The molecule has 2 atom stereocenters. The van der Waals surface area contributed by atoms with Gasteiger partial charge in [0.2, 0.25) is 5.60 Å². The first kappa shape index (κ1) is 20.8. The molecule has 1 unspecified atom stereocenters. The van der Waals surface area contributed by atoms with E-state index in [1.807, 2.05) is 12.1 Å². The number of benzene rings is 1. The van der Waals surface area contributed by atoms with Gasteiger partial charge in [0.1, 0.15) is 6.54 Å². The highest BCUT2D eigenvalue weighted by Gasteiger charge is 2.51. The van der Waals surface area contributed by atoms with Crippen molar-refractivity contribution in [2.45, 2.75) is 24.5 Å². The summed E-state index contributed by atoms with van der Waals surface area (Å²) in [7, 11) is 0. The number of nitrogens with zero attached hydrogens (tertiary/aromatic N) is 1. The number of esters is 1. The quantitative estimate of drug-likeness (QED) is 0.380. The number of piperidine rings is 3. The fraction of sp³-hybridized carbons (Fsp3) is 0.409. The van der Waals surface area contributed by atoms with Gasteiger partial charge in [-0.3, -0.25) is 0 Å². The Labute approximate surface area is 176 Å². The Morgan fingerprint density at radius 3 is 2.57 bits per heavy atom. The molecule has 2 bridgehead atoms. The Morgan fingerprint density at radius 2 is 1.96 bits per heavy atom. The number of aliphatic hydroxyl groups is 1. The Kier molecular flexibility index (Phi) is 6.12. The summed E-state index contributed by atoms with van der Waals surface area (Å²) < 4.78 is 12.3. The van der Waals surface area contributed by atoms with Gasteiger partial charge in [0.05, 0.1) is 25.9 Å². The molecule has 3 fully saturated rings. The van der Waals surface area contributed by atoms with Crippen molar-refractivity contribution < 1.29 is 40.5 Å². The van der Waals surface area contributed by atoms with Crippen LogP contribution in [0.4, 0.5) is 0 Å². The van der Waals surface area contributed by atoms with E-state index in [-0.39, 0.29) is 28.8 Å². The van der Waals surface area contributed by atoms with Gasteiger partial charge >= 0.3 is 5.97 Å². The molecule has 0 aliphatic carbocycles. The molecule has 0 saturated carbocycles. The highest BCUT2D eigenvalue weighted by atomic mass is 79.9. The van der Waals surface area contributed by atoms with Crippen LogP contribution < -0.4 is 17.0 Å². The second-order valence-corrected chi connectivity index (χ2v) is 7.78. The summed E-state index contributed by atoms with van der Waals surface area (Å²) in [5.74, 6) is -0.135. The largest absolute Gasteiger partial charge is 1.00 e. The van der Waals surface area contributed by atoms with Crippen LogP contribution in [0.5, 0.6) is 0 Å². The number of halogens is 1. The van der Waals surface area contributed by atoms with Gasteiger partial charge in [-0.05, 0) is 18.2 Å². The van der Waals surface area contributed by atoms with Crippen LogP contribution in [0, 0.1) is 5.92 Å². The first-order valence-corrected chi connectivity index (χ1v) is 9.56. The lowest BCUT2D eigenvalue weighted by atomic mass is 9.83. The van der Waals surface area contributed by atoms with Crippen molar-refractivity contribution in [3.8, 4) is 0 Å². The van der Waals surface area contributed by atoms with Crippen molar-refractivity contribution in [2.75, 3.05) is 26.2 Å². The minimum Gasteiger partial charge on any atom is -1.00 e. The van der Waals surface area contributed by atoms with E-state index in [4.69, 9.17) is 9.15 Å². The average molecular weight is 448 g/mol. The third-order valence-electron chi connectivity index (χ3n) is 6.18. The van der Waals surface area contributed by atoms with Gasteiger partial charge in [-0.25, -0.2) is 4.79 Å². The van der Waals surface area contributed by atoms with Gasteiger partial charge in [0.15, 0.2) is 11.9 Å². The van der Waals surface area contributed by atoms with Gasteiger partial charge in [0, 0.05) is 24.3 Å². The van der Waals surface area contributed by atoms with Crippen LogP contribution in [0.2, 0.25) is 0 Å². The maximum Gasteiger partial charge on any atom is 0.351 e. The molecular weight excluding hydrogens is 422 g/mol. The van der Waals surface area contributed by atoms with E-state index in [9.17, 15) is 9.90 Å². The molecule has 0 radical (unpaired) electrons. The number of ether oxygens (including phenoxy) is 1. The molecule has 4 heterocycles. The lowest BCUT2D eigenvalue weighted by Crippen LogP contribution is -3.00. The highest BCUT2D eigenvalue weighted by molar-refractivity contribution is 5.84. The number of furan rings is 1. The van der Waals surface area contributed by atoms with Crippen molar-refractivity contribution in [1.82, 2.24) is 0 Å². The summed E-state index contributed by atoms with van der Waals surface area (Å²) in [6.07, 6.45) is 5.29. The Hall–Kier alpha value is -1.89. The predicted octanol–water partition coefficient (Wildman–Crippen LogP) is -0.142. The first-order chi connectivity index (χ1) is 13.1. The van der Waals surface area contributed by atoms with Crippen molar-refractivity contribution in [1.29, 1.82) is 0 Å². The second kappa shape index (κ2) is 8.23. The Morgan fingerprint density at radius 1 is 1.25 bits per heavy atom. The highest BCUT2D eigenvalue weighted by Crippen LogP contribution is 2.38. The zero-order valence-corrected chi connectivity index (χ0v) is 17.4. The number of carbonyl (C=O) groups is 1. The van der Waals surface area contributed by atoms with Crippen LogP contribution >= 0.6 is 0 Å². The van der Waals surface area contributed by atoms with Gasteiger partial charge in [-0.2, -0.15) is 0 Å². The van der Waals surface area contributed by atoms with Crippen LogP contribution in [0.3, 0.4) is 0 Å².